The quantitative estimate of drug-likeness (QED) is 0.584. The molecule has 1 atom stereocenters. The molecule has 2 heterocycles. The molecule has 0 aromatic heterocycles. The molecule has 2 aliphatic rings. The first-order valence-electron chi connectivity index (χ1n) is 10.7. The van der Waals surface area contributed by atoms with Gasteiger partial charge in [0.05, 0.1) is 25.3 Å². The summed E-state index contributed by atoms with van der Waals surface area (Å²) < 4.78 is 54.3. The van der Waals surface area contributed by atoms with Crippen molar-refractivity contribution in [3.63, 3.8) is 0 Å². The van der Waals surface area contributed by atoms with Gasteiger partial charge in [-0.1, -0.05) is 36.4 Å². The predicted molar refractivity (Wildman–Crippen MR) is 129 cm³/mol. The average Bonchev–Trinajstić information content (AvgIpc) is 2.86. The number of hydrogen-bond acceptors (Lipinski definition) is 6. The fourth-order valence-corrected chi connectivity index (χ4v) is 6.28. The van der Waals surface area contributed by atoms with Gasteiger partial charge in [-0.3, -0.25) is 4.31 Å². The molecule has 35 heavy (non-hydrogen) atoms. The first-order valence-corrected chi connectivity index (χ1v) is 12.1. The lowest BCUT2D eigenvalue weighted by molar-refractivity contribution is 0.357. The van der Waals surface area contributed by atoms with Crippen molar-refractivity contribution in [2.75, 3.05) is 11.4 Å². The normalized spacial score (nSPS) is 18.3. The Bertz CT molecular complexity index is 1520. The molecule has 5 rings (SSSR count). The van der Waals surface area contributed by atoms with Gasteiger partial charge in [0.15, 0.2) is 5.76 Å². The highest BCUT2D eigenvalue weighted by atomic mass is 32.2. The standard InChI is InChI=1S/C26H20FN3O4S/c1-33-19-12-6-16(7-13-19)15-30-22-5-3-2-4-20(22)24-25(35(30,31)32)23(21(14-28)26(29)34-24)17-8-10-18(27)11-9-17/h2-13,23H,15,29H2,1H3/t23-/m1/s1. The third-order valence-electron chi connectivity index (χ3n) is 6.05. The molecular weight excluding hydrogens is 469 g/mol. The van der Waals surface area contributed by atoms with Crippen molar-refractivity contribution in [1.29, 1.82) is 5.26 Å². The Labute approximate surface area is 202 Å². The van der Waals surface area contributed by atoms with Gasteiger partial charge in [-0.15, -0.1) is 0 Å². The summed E-state index contributed by atoms with van der Waals surface area (Å²) in [5.41, 5.74) is 8.13. The largest absolute Gasteiger partial charge is 0.497 e. The summed E-state index contributed by atoms with van der Waals surface area (Å²) in [5.74, 6) is -1.01. The number of hydrogen-bond donors (Lipinski definition) is 1. The van der Waals surface area contributed by atoms with Crippen molar-refractivity contribution >= 4 is 21.5 Å². The number of allylic oxidation sites excluding steroid dienone is 2. The summed E-state index contributed by atoms with van der Waals surface area (Å²) in [6.45, 7) is 0.0390. The number of anilines is 1. The number of halogens is 1. The molecule has 0 bridgehead atoms. The van der Waals surface area contributed by atoms with Gasteiger partial charge >= 0.3 is 0 Å². The van der Waals surface area contributed by atoms with Gasteiger partial charge in [0.2, 0.25) is 5.88 Å². The van der Waals surface area contributed by atoms with Crippen LogP contribution < -0.4 is 14.8 Å². The summed E-state index contributed by atoms with van der Waals surface area (Å²) in [6.07, 6.45) is 0. The van der Waals surface area contributed by atoms with Gasteiger partial charge in [-0.2, -0.15) is 5.26 Å². The first-order chi connectivity index (χ1) is 16.8. The fraction of sp³-hybridized carbons (Fsp3) is 0.115. The van der Waals surface area contributed by atoms with Crippen LogP contribution in [0.5, 0.6) is 5.75 Å². The minimum absolute atomic E-state index is 0.0390. The molecule has 176 valence electrons. The van der Waals surface area contributed by atoms with Crippen LogP contribution in [0.2, 0.25) is 0 Å². The molecule has 0 fully saturated rings. The topological polar surface area (TPSA) is 106 Å². The number of benzene rings is 3. The van der Waals surface area contributed by atoms with Crippen molar-refractivity contribution in [2.24, 2.45) is 5.73 Å². The van der Waals surface area contributed by atoms with Crippen molar-refractivity contribution in [3.8, 4) is 11.8 Å². The second-order valence-electron chi connectivity index (χ2n) is 8.05. The number of methoxy groups -OCH3 is 1. The fourth-order valence-electron chi connectivity index (χ4n) is 4.36. The molecule has 0 saturated carbocycles. The number of para-hydroxylation sites is 1. The number of rotatable bonds is 4. The second-order valence-corrected chi connectivity index (χ2v) is 9.88. The third kappa shape index (κ3) is 3.68. The molecule has 7 nitrogen and oxygen atoms in total. The molecule has 9 heteroatoms. The molecule has 0 spiro atoms. The van der Waals surface area contributed by atoms with E-state index in [1.165, 1.54) is 28.6 Å². The van der Waals surface area contributed by atoms with E-state index in [1.807, 2.05) is 6.07 Å². The van der Waals surface area contributed by atoms with Crippen molar-refractivity contribution in [2.45, 2.75) is 12.5 Å². The second kappa shape index (κ2) is 8.49. The van der Waals surface area contributed by atoms with E-state index in [4.69, 9.17) is 15.2 Å². The maximum Gasteiger partial charge on any atom is 0.265 e. The lowest BCUT2D eigenvalue weighted by atomic mass is 9.88. The van der Waals surface area contributed by atoms with Crippen LogP contribution in [-0.2, 0) is 21.3 Å². The summed E-state index contributed by atoms with van der Waals surface area (Å²) in [6, 6.07) is 21.3. The van der Waals surface area contributed by atoms with E-state index < -0.39 is 21.8 Å². The predicted octanol–water partition coefficient (Wildman–Crippen LogP) is 4.36. The van der Waals surface area contributed by atoms with Gasteiger partial charge in [-0.25, -0.2) is 12.8 Å². The minimum Gasteiger partial charge on any atom is -0.497 e. The molecule has 2 N–H and O–H groups in total. The van der Waals surface area contributed by atoms with Crippen molar-refractivity contribution in [3.05, 3.63) is 112 Å². The zero-order valence-electron chi connectivity index (χ0n) is 18.6. The van der Waals surface area contributed by atoms with E-state index in [-0.39, 0.29) is 28.7 Å². The molecule has 0 aliphatic carbocycles. The van der Waals surface area contributed by atoms with Gasteiger partial charge in [0, 0.05) is 5.56 Å². The van der Waals surface area contributed by atoms with Gasteiger partial charge < -0.3 is 15.2 Å². The van der Waals surface area contributed by atoms with E-state index in [0.717, 1.165) is 5.56 Å². The Morgan fingerprint density at radius 1 is 1.09 bits per heavy atom. The maximum atomic E-state index is 14.2. The third-order valence-corrected chi connectivity index (χ3v) is 7.93. The molecule has 0 unspecified atom stereocenters. The summed E-state index contributed by atoms with van der Waals surface area (Å²) in [4.78, 5) is -0.109. The maximum absolute atomic E-state index is 14.2. The number of nitrogens with zero attached hydrogens (tertiary/aromatic N) is 2. The van der Waals surface area contributed by atoms with Crippen LogP contribution in [0.4, 0.5) is 10.1 Å². The van der Waals surface area contributed by atoms with Gasteiger partial charge in [0.1, 0.15) is 28.1 Å². The van der Waals surface area contributed by atoms with E-state index in [1.54, 1.807) is 55.6 Å². The Kier molecular flexibility index (Phi) is 5.46. The average molecular weight is 490 g/mol. The monoisotopic (exact) mass is 489 g/mol. The highest BCUT2D eigenvalue weighted by Gasteiger charge is 2.47. The Morgan fingerprint density at radius 2 is 1.77 bits per heavy atom. The van der Waals surface area contributed by atoms with E-state index in [2.05, 4.69) is 0 Å². The number of nitriles is 1. The summed E-state index contributed by atoms with van der Waals surface area (Å²) in [5, 5.41) is 9.87. The van der Waals surface area contributed by atoms with Crippen LogP contribution in [0, 0.1) is 17.1 Å². The smallest absolute Gasteiger partial charge is 0.265 e. The zero-order chi connectivity index (χ0) is 24.7. The molecule has 2 aliphatic heterocycles. The SMILES string of the molecule is COc1ccc(CN2c3ccccc3C3=C([C@H](c4ccc(F)cc4)C(C#N)=C(N)O3)S2(=O)=O)cc1. The van der Waals surface area contributed by atoms with Gasteiger partial charge in [-0.05, 0) is 47.5 Å². The lowest BCUT2D eigenvalue weighted by Gasteiger charge is -2.38. The molecule has 3 aromatic carbocycles. The van der Waals surface area contributed by atoms with Crippen molar-refractivity contribution in [1.82, 2.24) is 0 Å². The van der Waals surface area contributed by atoms with E-state index in [9.17, 15) is 18.1 Å². The lowest BCUT2D eigenvalue weighted by Crippen LogP contribution is -2.39. The van der Waals surface area contributed by atoms with E-state index >= 15 is 0 Å². The number of sulfonamides is 1. The minimum atomic E-state index is -4.20. The number of nitrogens with two attached hydrogens (primary N) is 1. The van der Waals surface area contributed by atoms with Crippen molar-refractivity contribution < 1.29 is 22.3 Å². The summed E-state index contributed by atoms with van der Waals surface area (Å²) in [7, 11) is -2.65. The van der Waals surface area contributed by atoms with Crippen LogP contribution in [-0.4, -0.2) is 15.5 Å². The highest BCUT2D eigenvalue weighted by Crippen LogP contribution is 2.51. The Morgan fingerprint density at radius 3 is 2.43 bits per heavy atom. The number of ether oxygens (including phenoxy) is 2. The van der Waals surface area contributed by atoms with Gasteiger partial charge in [0.25, 0.3) is 10.0 Å². The molecule has 0 saturated heterocycles. The summed E-state index contributed by atoms with van der Waals surface area (Å²) >= 11 is 0. The van der Waals surface area contributed by atoms with E-state index in [0.29, 0.717) is 22.6 Å². The zero-order valence-corrected chi connectivity index (χ0v) is 19.4. The highest BCUT2D eigenvalue weighted by molar-refractivity contribution is 7.96. The Balaban J connectivity index is 1.72. The molecule has 3 aromatic rings. The molecule has 0 amide bonds. The Hall–Kier alpha value is -4.29. The molecule has 0 radical (unpaired) electrons. The number of fused-ring (bicyclic) bond motifs is 2. The van der Waals surface area contributed by atoms with Crippen LogP contribution in [0.15, 0.2) is 89.2 Å². The van der Waals surface area contributed by atoms with Crippen LogP contribution in [0.1, 0.15) is 22.6 Å². The molecular formula is C26H20FN3O4S. The van der Waals surface area contributed by atoms with Crippen LogP contribution >= 0.6 is 0 Å². The van der Waals surface area contributed by atoms with Crippen LogP contribution in [0.25, 0.3) is 5.76 Å². The van der Waals surface area contributed by atoms with Crippen LogP contribution in [0.3, 0.4) is 0 Å². The first kappa shape index (κ1) is 22.5.